The standard InChI is InChI=1S/C15H14BrN5O/c1-15(2,10-6-4-3-5-7-10)19-13(22)12-18-14-17-8-11(16)9-21(14)20-12/h3-9H,1-2H3,(H,19,22). The lowest BCUT2D eigenvalue weighted by Crippen LogP contribution is -2.41. The normalized spacial score (nSPS) is 11.6. The molecular formula is C15H14BrN5O. The molecule has 112 valence electrons. The summed E-state index contributed by atoms with van der Waals surface area (Å²) in [5, 5.41) is 7.10. The molecule has 0 radical (unpaired) electrons. The zero-order valence-corrected chi connectivity index (χ0v) is 13.7. The third-order valence-corrected chi connectivity index (χ3v) is 3.70. The van der Waals surface area contributed by atoms with Crippen LogP contribution in [0, 0.1) is 0 Å². The summed E-state index contributed by atoms with van der Waals surface area (Å²) in [4.78, 5) is 20.6. The van der Waals surface area contributed by atoms with Crippen LogP contribution in [0.4, 0.5) is 0 Å². The lowest BCUT2D eigenvalue weighted by Gasteiger charge is -2.26. The van der Waals surface area contributed by atoms with E-state index in [2.05, 4.69) is 36.3 Å². The first-order valence-electron chi connectivity index (χ1n) is 6.72. The molecule has 0 saturated heterocycles. The average molecular weight is 360 g/mol. The number of hydrogen-bond acceptors (Lipinski definition) is 4. The highest BCUT2D eigenvalue weighted by atomic mass is 79.9. The first kappa shape index (κ1) is 14.6. The van der Waals surface area contributed by atoms with Crippen molar-refractivity contribution in [2.45, 2.75) is 19.4 Å². The van der Waals surface area contributed by atoms with Crippen molar-refractivity contribution in [2.24, 2.45) is 0 Å². The number of amides is 1. The van der Waals surface area contributed by atoms with Crippen LogP contribution in [0.15, 0.2) is 47.2 Å². The molecule has 1 aromatic carbocycles. The zero-order valence-electron chi connectivity index (χ0n) is 12.1. The molecule has 0 atom stereocenters. The van der Waals surface area contributed by atoms with Gasteiger partial charge in [-0.05, 0) is 35.3 Å². The molecule has 0 saturated carbocycles. The van der Waals surface area contributed by atoms with E-state index in [0.29, 0.717) is 5.78 Å². The summed E-state index contributed by atoms with van der Waals surface area (Å²) < 4.78 is 2.23. The van der Waals surface area contributed by atoms with Crippen LogP contribution in [0.3, 0.4) is 0 Å². The Bertz CT molecular complexity index is 828. The van der Waals surface area contributed by atoms with Gasteiger partial charge in [0.05, 0.1) is 10.0 Å². The molecule has 3 rings (SSSR count). The van der Waals surface area contributed by atoms with Gasteiger partial charge in [0.2, 0.25) is 5.82 Å². The molecular weight excluding hydrogens is 346 g/mol. The molecule has 2 aromatic heterocycles. The lowest BCUT2D eigenvalue weighted by atomic mass is 9.94. The molecule has 0 spiro atoms. The number of rotatable bonds is 3. The van der Waals surface area contributed by atoms with Gasteiger partial charge >= 0.3 is 0 Å². The predicted molar refractivity (Wildman–Crippen MR) is 85.4 cm³/mol. The Hall–Kier alpha value is -2.28. The van der Waals surface area contributed by atoms with Gasteiger partial charge in [0.1, 0.15) is 0 Å². The molecule has 0 fully saturated rings. The van der Waals surface area contributed by atoms with Crippen LogP contribution in [0.5, 0.6) is 0 Å². The van der Waals surface area contributed by atoms with Crippen molar-refractivity contribution in [2.75, 3.05) is 0 Å². The van der Waals surface area contributed by atoms with Crippen LogP contribution in [-0.4, -0.2) is 25.5 Å². The lowest BCUT2D eigenvalue weighted by molar-refractivity contribution is 0.0901. The summed E-state index contributed by atoms with van der Waals surface area (Å²) in [5.41, 5.74) is 0.483. The molecule has 1 amide bonds. The number of halogens is 1. The van der Waals surface area contributed by atoms with Crippen LogP contribution in [-0.2, 0) is 5.54 Å². The van der Waals surface area contributed by atoms with Crippen molar-refractivity contribution in [1.82, 2.24) is 24.9 Å². The number of hydrogen-bond donors (Lipinski definition) is 1. The molecule has 6 nitrogen and oxygen atoms in total. The first-order chi connectivity index (χ1) is 10.5. The maximum absolute atomic E-state index is 12.4. The van der Waals surface area contributed by atoms with Gasteiger partial charge in [-0.15, -0.1) is 5.10 Å². The SMILES string of the molecule is CC(C)(NC(=O)c1nc2ncc(Br)cn2n1)c1ccccc1. The van der Waals surface area contributed by atoms with Gasteiger partial charge in [-0.2, -0.15) is 4.98 Å². The largest absolute Gasteiger partial charge is 0.340 e. The zero-order chi connectivity index (χ0) is 15.7. The van der Waals surface area contributed by atoms with E-state index < -0.39 is 5.54 Å². The number of carbonyl (C=O) groups is 1. The van der Waals surface area contributed by atoms with E-state index in [4.69, 9.17) is 0 Å². The van der Waals surface area contributed by atoms with Crippen molar-refractivity contribution in [3.05, 3.63) is 58.6 Å². The molecule has 0 aliphatic heterocycles. The smallest absolute Gasteiger partial charge is 0.291 e. The van der Waals surface area contributed by atoms with E-state index in [1.54, 1.807) is 12.4 Å². The van der Waals surface area contributed by atoms with Gasteiger partial charge in [0.15, 0.2) is 0 Å². The third kappa shape index (κ3) is 2.85. The van der Waals surface area contributed by atoms with Crippen LogP contribution < -0.4 is 5.32 Å². The molecule has 2 heterocycles. The second-order valence-electron chi connectivity index (χ2n) is 5.40. The van der Waals surface area contributed by atoms with Gasteiger partial charge in [-0.3, -0.25) is 4.79 Å². The first-order valence-corrected chi connectivity index (χ1v) is 7.51. The van der Waals surface area contributed by atoms with Gasteiger partial charge in [-0.25, -0.2) is 9.50 Å². The van der Waals surface area contributed by atoms with E-state index in [-0.39, 0.29) is 11.7 Å². The second-order valence-corrected chi connectivity index (χ2v) is 6.31. The van der Waals surface area contributed by atoms with E-state index >= 15 is 0 Å². The summed E-state index contributed by atoms with van der Waals surface area (Å²) in [6, 6.07) is 9.75. The monoisotopic (exact) mass is 359 g/mol. The van der Waals surface area contributed by atoms with E-state index in [0.717, 1.165) is 10.0 Å². The minimum absolute atomic E-state index is 0.0922. The van der Waals surface area contributed by atoms with Crippen LogP contribution in [0.25, 0.3) is 5.78 Å². The van der Waals surface area contributed by atoms with Crippen LogP contribution in [0.1, 0.15) is 30.0 Å². The fraction of sp³-hybridized carbons (Fsp3) is 0.200. The highest BCUT2D eigenvalue weighted by Gasteiger charge is 2.25. The minimum atomic E-state index is -0.524. The van der Waals surface area contributed by atoms with Crippen LogP contribution in [0.2, 0.25) is 0 Å². The Morgan fingerprint density at radius 1 is 1.27 bits per heavy atom. The van der Waals surface area contributed by atoms with Gasteiger partial charge in [0.25, 0.3) is 11.7 Å². The molecule has 1 N–H and O–H groups in total. The number of nitrogens with one attached hydrogen (secondary N) is 1. The Morgan fingerprint density at radius 2 is 2.00 bits per heavy atom. The minimum Gasteiger partial charge on any atom is -0.340 e. The summed E-state index contributed by atoms with van der Waals surface area (Å²) in [6.45, 7) is 3.87. The molecule has 0 unspecified atom stereocenters. The highest BCUT2D eigenvalue weighted by Crippen LogP contribution is 2.19. The third-order valence-electron chi connectivity index (χ3n) is 3.29. The van der Waals surface area contributed by atoms with Crippen molar-refractivity contribution < 1.29 is 4.79 Å². The van der Waals surface area contributed by atoms with Crippen molar-refractivity contribution in [1.29, 1.82) is 0 Å². The summed E-state index contributed by atoms with van der Waals surface area (Å²) in [6.07, 6.45) is 3.31. The maximum atomic E-state index is 12.4. The molecule has 0 aliphatic carbocycles. The second kappa shape index (κ2) is 5.49. The fourth-order valence-electron chi connectivity index (χ4n) is 2.12. The number of carbonyl (C=O) groups excluding carboxylic acids is 1. The quantitative estimate of drug-likeness (QED) is 0.779. The predicted octanol–water partition coefficient (Wildman–Crippen LogP) is 2.55. The number of fused-ring (bicyclic) bond motifs is 1. The van der Waals surface area contributed by atoms with Gasteiger partial charge < -0.3 is 5.32 Å². The van der Waals surface area contributed by atoms with E-state index in [1.165, 1.54) is 4.52 Å². The van der Waals surface area contributed by atoms with Crippen molar-refractivity contribution in [3.63, 3.8) is 0 Å². The molecule has 0 aliphatic rings. The van der Waals surface area contributed by atoms with Gasteiger partial charge in [0, 0.05) is 12.4 Å². The molecule has 7 heteroatoms. The van der Waals surface area contributed by atoms with Crippen molar-refractivity contribution in [3.8, 4) is 0 Å². The molecule has 22 heavy (non-hydrogen) atoms. The average Bonchev–Trinajstić information content (AvgIpc) is 2.91. The number of nitrogens with zero attached hydrogens (tertiary/aromatic N) is 4. The number of aromatic nitrogens is 4. The Morgan fingerprint density at radius 3 is 2.73 bits per heavy atom. The maximum Gasteiger partial charge on any atom is 0.291 e. The van der Waals surface area contributed by atoms with Crippen molar-refractivity contribution >= 4 is 27.6 Å². The molecule has 0 bridgehead atoms. The Labute approximate surface area is 135 Å². The summed E-state index contributed by atoms with van der Waals surface area (Å²) >= 11 is 3.31. The fourth-order valence-corrected chi connectivity index (χ4v) is 2.42. The molecule has 3 aromatic rings. The van der Waals surface area contributed by atoms with E-state index in [1.807, 2.05) is 44.2 Å². The van der Waals surface area contributed by atoms with E-state index in [9.17, 15) is 4.79 Å². The highest BCUT2D eigenvalue weighted by molar-refractivity contribution is 9.10. The number of benzene rings is 1. The Balaban J connectivity index is 1.86. The Kier molecular flexibility index (Phi) is 3.66. The van der Waals surface area contributed by atoms with Gasteiger partial charge in [-0.1, -0.05) is 30.3 Å². The summed E-state index contributed by atoms with van der Waals surface area (Å²) in [5.74, 6) is 0.135. The summed E-state index contributed by atoms with van der Waals surface area (Å²) in [7, 11) is 0. The topological polar surface area (TPSA) is 72.2 Å². The van der Waals surface area contributed by atoms with Crippen LogP contribution >= 0.6 is 15.9 Å².